The minimum atomic E-state index is -4.59. The number of phenols is 1. The fourth-order valence-electron chi connectivity index (χ4n) is 2.57. The lowest BCUT2D eigenvalue weighted by molar-refractivity contribution is -0.137. The van der Waals surface area contributed by atoms with E-state index in [-0.39, 0.29) is 26.4 Å². The van der Waals surface area contributed by atoms with Crippen LogP contribution in [0.15, 0.2) is 41.3 Å². The molecule has 0 saturated carbocycles. The summed E-state index contributed by atoms with van der Waals surface area (Å²) in [4.78, 5) is 37.5. The molecule has 1 aliphatic heterocycles. The van der Waals surface area contributed by atoms with Crippen molar-refractivity contribution in [1.82, 2.24) is 4.90 Å². The predicted octanol–water partition coefficient (Wildman–Crippen LogP) is 5.39. The smallest absolute Gasteiger partial charge is 0.416 e. The van der Waals surface area contributed by atoms with Crippen LogP contribution in [0.3, 0.4) is 0 Å². The van der Waals surface area contributed by atoms with Crippen molar-refractivity contribution in [1.29, 1.82) is 0 Å². The minimum absolute atomic E-state index is 0.0188. The largest absolute Gasteiger partial charge is 0.505 e. The van der Waals surface area contributed by atoms with Crippen molar-refractivity contribution in [3.63, 3.8) is 0 Å². The van der Waals surface area contributed by atoms with Gasteiger partial charge in [-0.05, 0) is 53.7 Å². The van der Waals surface area contributed by atoms with Crippen LogP contribution in [0.25, 0.3) is 6.08 Å². The highest BCUT2D eigenvalue weighted by molar-refractivity contribution is 8.18. The van der Waals surface area contributed by atoms with Crippen LogP contribution in [0.4, 0.5) is 23.7 Å². The summed E-state index contributed by atoms with van der Waals surface area (Å²) in [5.41, 5.74) is -0.743. The van der Waals surface area contributed by atoms with Crippen LogP contribution in [-0.2, 0) is 15.8 Å². The van der Waals surface area contributed by atoms with Crippen LogP contribution in [0.1, 0.15) is 11.1 Å². The number of imide groups is 1. The highest BCUT2D eigenvalue weighted by Crippen LogP contribution is 2.36. The molecule has 1 aliphatic rings. The zero-order valence-electron chi connectivity index (χ0n) is 15.2. The molecule has 0 radical (unpaired) electrons. The molecule has 31 heavy (non-hydrogen) atoms. The molecule has 162 valence electrons. The molecule has 12 heteroatoms. The lowest BCUT2D eigenvalue weighted by Gasteiger charge is -2.13. The number of aromatic hydroxyl groups is 1. The SMILES string of the molecule is O=C(CN1C(=O)S/C(=C\c2cc(Cl)c(O)c(Cl)c2)C1=O)Nc1cccc(C(F)(F)F)c1. The van der Waals surface area contributed by atoms with E-state index >= 15 is 0 Å². The molecule has 1 fully saturated rings. The van der Waals surface area contributed by atoms with Gasteiger partial charge in [0.05, 0.1) is 20.5 Å². The number of alkyl halides is 3. The Bertz CT molecular complexity index is 1100. The molecule has 2 aromatic carbocycles. The van der Waals surface area contributed by atoms with E-state index in [2.05, 4.69) is 5.32 Å². The van der Waals surface area contributed by atoms with E-state index in [1.54, 1.807) is 0 Å². The van der Waals surface area contributed by atoms with E-state index in [9.17, 15) is 32.7 Å². The maximum absolute atomic E-state index is 12.8. The molecule has 0 aromatic heterocycles. The van der Waals surface area contributed by atoms with Gasteiger partial charge in [-0.15, -0.1) is 0 Å². The van der Waals surface area contributed by atoms with Crippen molar-refractivity contribution >= 4 is 63.8 Å². The summed E-state index contributed by atoms with van der Waals surface area (Å²) in [5.74, 6) is -1.95. The van der Waals surface area contributed by atoms with Crippen molar-refractivity contribution < 1.29 is 32.7 Å². The van der Waals surface area contributed by atoms with Gasteiger partial charge in [-0.2, -0.15) is 13.2 Å². The third-order valence-corrected chi connectivity index (χ3v) is 5.47. The summed E-state index contributed by atoms with van der Waals surface area (Å²) in [7, 11) is 0. The van der Waals surface area contributed by atoms with E-state index in [0.29, 0.717) is 22.2 Å². The average Bonchev–Trinajstić information content (AvgIpc) is 2.93. The van der Waals surface area contributed by atoms with Gasteiger partial charge in [0.2, 0.25) is 5.91 Å². The Morgan fingerprint density at radius 2 is 1.81 bits per heavy atom. The molecule has 3 amide bonds. The van der Waals surface area contributed by atoms with E-state index in [1.165, 1.54) is 24.3 Å². The van der Waals surface area contributed by atoms with Gasteiger partial charge in [-0.3, -0.25) is 19.3 Å². The second-order valence-electron chi connectivity index (χ2n) is 6.23. The van der Waals surface area contributed by atoms with Crippen LogP contribution >= 0.6 is 35.0 Å². The molecule has 0 aliphatic carbocycles. The maximum atomic E-state index is 12.8. The first-order valence-electron chi connectivity index (χ1n) is 8.36. The Kier molecular flexibility index (Phi) is 6.54. The van der Waals surface area contributed by atoms with Gasteiger partial charge >= 0.3 is 6.18 Å². The maximum Gasteiger partial charge on any atom is 0.416 e. The summed E-state index contributed by atoms with van der Waals surface area (Å²) in [6, 6.07) is 6.62. The number of carbonyl (C=O) groups excluding carboxylic acids is 3. The molecule has 6 nitrogen and oxygen atoms in total. The second kappa shape index (κ2) is 8.81. The zero-order chi connectivity index (χ0) is 22.9. The molecule has 3 rings (SSSR count). The number of benzene rings is 2. The van der Waals surface area contributed by atoms with Crippen molar-refractivity contribution in [2.45, 2.75) is 6.18 Å². The van der Waals surface area contributed by atoms with Crippen molar-refractivity contribution in [3.05, 3.63) is 62.5 Å². The molecule has 0 atom stereocenters. The Balaban J connectivity index is 1.72. The van der Waals surface area contributed by atoms with Crippen LogP contribution in [0.2, 0.25) is 10.0 Å². The van der Waals surface area contributed by atoms with Gasteiger partial charge in [-0.1, -0.05) is 29.3 Å². The lowest BCUT2D eigenvalue weighted by atomic mass is 10.2. The minimum Gasteiger partial charge on any atom is -0.505 e. The van der Waals surface area contributed by atoms with Gasteiger partial charge < -0.3 is 10.4 Å². The van der Waals surface area contributed by atoms with Gasteiger partial charge in [-0.25, -0.2) is 0 Å². The van der Waals surface area contributed by atoms with Crippen molar-refractivity contribution in [2.24, 2.45) is 0 Å². The van der Waals surface area contributed by atoms with Gasteiger partial charge in [0.1, 0.15) is 6.54 Å². The predicted molar refractivity (Wildman–Crippen MR) is 111 cm³/mol. The van der Waals surface area contributed by atoms with Crippen LogP contribution in [0.5, 0.6) is 5.75 Å². The number of amides is 3. The summed E-state index contributed by atoms with van der Waals surface area (Å²) in [6.07, 6.45) is -3.27. The Labute approximate surface area is 187 Å². The number of hydrogen-bond acceptors (Lipinski definition) is 5. The number of phenolic OH excluding ortho intramolecular Hbond substituents is 1. The summed E-state index contributed by atoms with van der Waals surface area (Å²) in [5, 5.41) is 11.0. The van der Waals surface area contributed by atoms with E-state index in [0.717, 1.165) is 18.2 Å². The number of nitrogens with zero attached hydrogens (tertiary/aromatic N) is 1. The van der Waals surface area contributed by atoms with Crippen LogP contribution in [-0.4, -0.2) is 33.6 Å². The van der Waals surface area contributed by atoms with Crippen LogP contribution < -0.4 is 5.32 Å². The highest BCUT2D eigenvalue weighted by atomic mass is 35.5. The molecule has 0 spiro atoms. The Hall–Kier alpha value is -2.69. The monoisotopic (exact) mass is 490 g/mol. The van der Waals surface area contributed by atoms with Gasteiger partial charge in [0.15, 0.2) is 5.75 Å². The molecule has 1 heterocycles. The quantitative estimate of drug-likeness (QED) is 0.560. The molecular weight excluding hydrogens is 480 g/mol. The number of nitrogens with one attached hydrogen (secondary N) is 1. The molecule has 2 aromatic rings. The first-order valence-corrected chi connectivity index (χ1v) is 9.93. The fourth-order valence-corrected chi connectivity index (χ4v) is 3.92. The van der Waals surface area contributed by atoms with Gasteiger partial charge in [0, 0.05) is 5.69 Å². The average molecular weight is 491 g/mol. The zero-order valence-corrected chi connectivity index (χ0v) is 17.5. The van der Waals surface area contributed by atoms with Gasteiger partial charge in [0.25, 0.3) is 11.1 Å². The normalized spacial score (nSPS) is 15.6. The molecule has 1 saturated heterocycles. The van der Waals surface area contributed by atoms with E-state index < -0.39 is 35.3 Å². The topological polar surface area (TPSA) is 86.7 Å². The molecule has 0 bridgehead atoms. The summed E-state index contributed by atoms with van der Waals surface area (Å²) in [6.45, 7) is -0.685. The van der Waals surface area contributed by atoms with E-state index in [4.69, 9.17) is 23.2 Å². The van der Waals surface area contributed by atoms with Crippen molar-refractivity contribution in [3.8, 4) is 5.75 Å². The molecular formula is C19H11Cl2F3N2O4S. The first-order chi connectivity index (χ1) is 14.5. The highest BCUT2D eigenvalue weighted by Gasteiger charge is 2.36. The number of anilines is 1. The standard InChI is InChI=1S/C19H11Cl2F3N2O4S/c20-12-4-9(5-13(21)16(12)28)6-14-17(29)26(18(30)31-14)8-15(27)25-11-3-1-2-10(7-11)19(22,23)24/h1-7,28H,8H2,(H,25,27)/b14-6-. The summed E-state index contributed by atoms with van der Waals surface area (Å²) >= 11 is 12.2. The Morgan fingerprint density at radius 1 is 1.16 bits per heavy atom. The van der Waals surface area contributed by atoms with Crippen LogP contribution in [0, 0.1) is 0 Å². The Morgan fingerprint density at radius 3 is 2.42 bits per heavy atom. The molecule has 2 N–H and O–H groups in total. The third-order valence-electron chi connectivity index (χ3n) is 3.99. The molecule has 0 unspecified atom stereocenters. The summed E-state index contributed by atoms with van der Waals surface area (Å²) < 4.78 is 38.3. The lowest BCUT2D eigenvalue weighted by Crippen LogP contribution is -2.36. The third kappa shape index (κ3) is 5.33. The fraction of sp³-hybridized carbons (Fsp3) is 0.105. The number of rotatable bonds is 4. The number of carbonyl (C=O) groups is 3. The second-order valence-corrected chi connectivity index (χ2v) is 8.04. The number of hydrogen-bond donors (Lipinski definition) is 2. The number of thioether (sulfide) groups is 1. The van der Waals surface area contributed by atoms with Crippen molar-refractivity contribution in [2.75, 3.05) is 11.9 Å². The van der Waals surface area contributed by atoms with E-state index in [1.807, 2.05) is 0 Å². The first kappa shape index (κ1) is 23.0. The number of halogens is 5.